The van der Waals surface area contributed by atoms with Crippen LogP contribution in [-0.2, 0) is 19.9 Å². The first-order chi connectivity index (χ1) is 9.61. The van der Waals surface area contributed by atoms with Gasteiger partial charge in [-0.2, -0.15) is 0 Å². The molecule has 0 atom stereocenters. The number of anilines is 1. The summed E-state index contributed by atoms with van der Waals surface area (Å²) in [7, 11) is -6.88. The number of aromatic hydroxyl groups is 1. The van der Waals surface area contributed by atoms with Crippen molar-refractivity contribution in [1.82, 2.24) is 0 Å². The smallest absolute Gasteiger partial charge is 0.235 e. The number of phenolic OH excluding ortho intramolecular Hbond substituents is 1. The molecule has 10 heteroatoms. The Hall–Kier alpha value is -0.700. The van der Waals surface area contributed by atoms with Gasteiger partial charge in [0.2, 0.25) is 10.0 Å². The third-order valence-corrected chi connectivity index (χ3v) is 7.38. The van der Waals surface area contributed by atoms with E-state index >= 15 is 0 Å². The molecule has 0 bridgehead atoms. The summed E-state index contributed by atoms with van der Waals surface area (Å²) in [6.07, 6.45) is 0.106. The van der Waals surface area contributed by atoms with E-state index in [-0.39, 0.29) is 45.8 Å². The molecule has 1 saturated heterocycles. The molecule has 1 fully saturated rings. The second-order valence-corrected chi connectivity index (χ2v) is 9.87. The number of hydrogen-bond acceptors (Lipinski definition) is 5. The van der Waals surface area contributed by atoms with E-state index in [4.69, 9.17) is 23.2 Å². The minimum absolute atomic E-state index is 0.0528. The molecule has 2 N–H and O–H groups in total. The molecule has 1 aliphatic rings. The lowest BCUT2D eigenvalue weighted by Crippen LogP contribution is -2.36. The van der Waals surface area contributed by atoms with Crippen molar-refractivity contribution in [2.75, 3.05) is 16.2 Å². The highest BCUT2D eigenvalue weighted by Crippen LogP contribution is 2.35. The third-order valence-electron chi connectivity index (χ3n) is 3.22. The third kappa shape index (κ3) is 3.94. The van der Waals surface area contributed by atoms with E-state index in [1.807, 2.05) is 0 Å². The molecule has 21 heavy (non-hydrogen) atoms. The molecule has 0 aromatic heterocycles. The number of sulfonamides is 1. The molecular formula is C11H13Cl2NO5S2. The van der Waals surface area contributed by atoms with Crippen molar-refractivity contribution in [1.29, 1.82) is 0 Å². The molecule has 0 unspecified atom stereocenters. The van der Waals surface area contributed by atoms with Gasteiger partial charge in [-0.05, 0) is 25.0 Å². The van der Waals surface area contributed by atoms with Crippen molar-refractivity contribution in [3.63, 3.8) is 0 Å². The van der Waals surface area contributed by atoms with Gasteiger partial charge >= 0.3 is 0 Å². The molecule has 0 spiro atoms. The zero-order valence-electron chi connectivity index (χ0n) is 10.7. The lowest BCUT2D eigenvalue weighted by Gasteiger charge is -2.22. The Bertz CT molecular complexity index is 724. The molecule has 1 aromatic rings. The molecule has 118 valence electrons. The van der Waals surface area contributed by atoms with Gasteiger partial charge in [0.15, 0.2) is 5.75 Å². The Morgan fingerprint density at radius 1 is 1.14 bits per heavy atom. The van der Waals surface area contributed by atoms with Gasteiger partial charge in [-0.1, -0.05) is 23.2 Å². The Labute approximate surface area is 133 Å². The average molecular weight is 374 g/mol. The molecule has 0 radical (unpaired) electrons. The van der Waals surface area contributed by atoms with Crippen LogP contribution in [0.1, 0.15) is 12.8 Å². The van der Waals surface area contributed by atoms with Crippen molar-refractivity contribution in [3.05, 3.63) is 22.2 Å². The van der Waals surface area contributed by atoms with Crippen LogP contribution >= 0.6 is 23.2 Å². The largest absolute Gasteiger partial charge is 0.505 e. The highest BCUT2D eigenvalue weighted by Gasteiger charge is 2.32. The SMILES string of the molecule is O=S1(=O)CCC(S(=O)(=O)Nc2cc(Cl)c(O)c(Cl)c2)CC1. The number of benzene rings is 1. The summed E-state index contributed by atoms with van der Waals surface area (Å²) in [4.78, 5) is 0. The summed E-state index contributed by atoms with van der Waals surface area (Å²) in [5, 5.41) is 8.49. The number of rotatable bonds is 3. The minimum Gasteiger partial charge on any atom is -0.505 e. The van der Waals surface area contributed by atoms with Gasteiger partial charge in [0.25, 0.3) is 0 Å². The maximum Gasteiger partial charge on any atom is 0.235 e. The van der Waals surface area contributed by atoms with Crippen LogP contribution in [0.5, 0.6) is 5.75 Å². The summed E-state index contributed by atoms with van der Waals surface area (Å²) in [5.41, 5.74) is 0.122. The predicted molar refractivity (Wildman–Crippen MR) is 82.3 cm³/mol. The van der Waals surface area contributed by atoms with Gasteiger partial charge in [-0.25, -0.2) is 16.8 Å². The van der Waals surface area contributed by atoms with E-state index in [1.165, 1.54) is 12.1 Å². The number of nitrogens with one attached hydrogen (secondary N) is 1. The van der Waals surface area contributed by atoms with Crippen molar-refractivity contribution in [2.45, 2.75) is 18.1 Å². The molecule has 1 aromatic carbocycles. The first kappa shape index (κ1) is 16.7. The molecule has 2 rings (SSSR count). The number of phenols is 1. The zero-order chi connectivity index (χ0) is 15.8. The van der Waals surface area contributed by atoms with E-state index in [0.717, 1.165) is 0 Å². The summed E-state index contributed by atoms with van der Waals surface area (Å²) in [6, 6.07) is 2.47. The summed E-state index contributed by atoms with van der Waals surface area (Å²) in [5.74, 6) is -0.615. The molecule has 0 saturated carbocycles. The molecule has 0 aliphatic carbocycles. The molecule has 6 nitrogen and oxygen atoms in total. The van der Waals surface area contributed by atoms with Crippen LogP contribution in [-0.4, -0.2) is 38.7 Å². The van der Waals surface area contributed by atoms with Gasteiger partial charge in [-0.15, -0.1) is 0 Å². The average Bonchev–Trinajstić information content (AvgIpc) is 2.34. The van der Waals surface area contributed by atoms with E-state index in [9.17, 15) is 21.9 Å². The maximum absolute atomic E-state index is 12.2. The van der Waals surface area contributed by atoms with Crippen LogP contribution in [0.3, 0.4) is 0 Å². The van der Waals surface area contributed by atoms with Crippen LogP contribution in [0.15, 0.2) is 12.1 Å². The van der Waals surface area contributed by atoms with Gasteiger partial charge in [0, 0.05) is 0 Å². The standard InChI is InChI=1S/C11H13Cl2NO5S2/c12-9-5-7(6-10(13)11(9)15)14-21(18,19)8-1-3-20(16,17)4-2-8/h5-6,8,14-15H,1-4H2. The van der Waals surface area contributed by atoms with E-state index in [1.54, 1.807) is 0 Å². The Morgan fingerprint density at radius 2 is 1.62 bits per heavy atom. The molecular weight excluding hydrogens is 361 g/mol. The maximum atomic E-state index is 12.2. The molecule has 0 amide bonds. The monoisotopic (exact) mass is 373 g/mol. The fourth-order valence-corrected chi connectivity index (χ4v) is 5.80. The number of halogens is 2. The lowest BCUT2D eigenvalue weighted by molar-refractivity contribution is 0.476. The van der Waals surface area contributed by atoms with Gasteiger partial charge in [-0.3, -0.25) is 4.72 Å². The Kier molecular flexibility index (Phi) is 4.63. The molecule has 1 heterocycles. The quantitative estimate of drug-likeness (QED) is 0.789. The van der Waals surface area contributed by atoms with Crippen molar-refractivity contribution in [2.24, 2.45) is 0 Å². The van der Waals surface area contributed by atoms with Crippen molar-refractivity contribution < 1.29 is 21.9 Å². The van der Waals surface area contributed by atoms with Gasteiger partial charge in [0.1, 0.15) is 9.84 Å². The van der Waals surface area contributed by atoms with E-state index < -0.39 is 25.1 Å². The zero-order valence-corrected chi connectivity index (χ0v) is 13.9. The summed E-state index contributed by atoms with van der Waals surface area (Å²) < 4.78 is 49.4. The van der Waals surface area contributed by atoms with Crippen LogP contribution in [0, 0.1) is 0 Å². The second kappa shape index (κ2) is 5.83. The Morgan fingerprint density at radius 3 is 2.10 bits per heavy atom. The highest BCUT2D eigenvalue weighted by molar-refractivity contribution is 7.94. The van der Waals surface area contributed by atoms with Crippen molar-refractivity contribution in [3.8, 4) is 5.75 Å². The summed E-state index contributed by atoms with van der Waals surface area (Å²) in [6.45, 7) is 0. The normalized spacial score (nSPS) is 19.3. The highest BCUT2D eigenvalue weighted by atomic mass is 35.5. The number of hydrogen-bond donors (Lipinski definition) is 2. The second-order valence-electron chi connectivity index (χ2n) is 4.79. The van der Waals surface area contributed by atoms with Crippen LogP contribution < -0.4 is 4.72 Å². The van der Waals surface area contributed by atoms with Gasteiger partial charge < -0.3 is 5.11 Å². The fourth-order valence-electron chi connectivity index (χ4n) is 2.05. The minimum atomic E-state index is -3.75. The summed E-state index contributed by atoms with van der Waals surface area (Å²) >= 11 is 11.4. The molecule has 1 aliphatic heterocycles. The van der Waals surface area contributed by atoms with E-state index in [0.29, 0.717) is 0 Å². The fraction of sp³-hybridized carbons (Fsp3) is 0.455. The van der Waals surface area contributed by atoms with Crippen LogP contribution in [0.2, 0.25) is 10.0 Å². The van der Waals surface area contributed by atoms with Crippen LogP contribution in [0.4, 0.5) is 5.69 Å². The first-order valence-electron chi connectivity index (χ1n) is 6.01. The van der Waals surface area contributed by atoms with Gasteiger partial charge in [0.05, 0.1) is 32.5 Å². The lowest BCUT2D eigenvalue weighted by atomic mass is 10.2. The first-order valence-corrected chi connectivity index (χ1v) is 10.1. The predicted octanol–water partition coefficient (Wildman–Crippen LogP) is 2.02. The van der Waals surface area contributed by atoms with Crippen molar-refractivity contribution >= 4 is 48.7 Å². The topological polar surface area (TPSA) is 101 Å². The Balaban J connectivity index is 2.19. The van der Waals surface area contributed by atoms with Crippen LogP contribution in [0.25, 0.3) is 0 Å². The number of sulfone groups is 1. The van der Waals surface area contributed by atoms with E-state index in [2.05, 4.69) is 4.72 Å².